The van der Waals surface area contributed by atoms with Crippen molar-refractivity contribution in [2.45, 2.75) is 11.9 Å². The summed E-state index contributed by atoms with van der Waals surface area (Å²) in [5.41, 5.74) is -1.46. The molecule has 0 unspecified atom stereocenters. The standard InChI is InChI=1S/C8H8F3NO3S/c1-15-16(13,14)5-6-4-12-3-2-7(6)8(9,10)11/h2-4H,5H2,1H3. The van der Waals surface area contributed by atoms with Crippen LogP contribution in [0, 0.1) is 0 Å². The number of nitrogens with zero attached hydrogens (tertiary/aromatic N) is 1. The molecule has 1 aromatic heterocycles. The van der Waals surface area contributed by atoms with Gasteiger partial charge in [-0.2, -0.15) is 21.6 Å². The molecule has 0 spiro atoms. The minimum atomic E-state index is -4.61. The summed E-state index contributed by atoms with van der Waals surface area (Å²) < 4.78 is 63.5. The second-order valence-corrected chi connectivity index (χ2v) is 4.64. The van der Waals surface area contributed by atoms with Gasteiger partial charge in [-0.1, -0.05) is 0 Å². The van der Waals surface area contributed by atoms with Crippen LogP contribution < -0.4 is 0 Å². The highest BCUT2D eigenvalue weighted by Gasteiger charge is 2.34. The van der Waals surface area contributed by atoms with Gasteiger partial charge in [0.05, 0.1) is 12.7 Å². The molecular weight excluding hydrogens is 247 g/mol. The van der Waals surface area contributed by atoms with Crippen molar-refractivity contribution in [3.05, 3.63) is 29.6 Å². The predicted octanol–water partition coefficient (Wildman–Crippen LogP) is 1.58. The van der Waals surface area contributed by atoms with Gasteiger partial charge in [-0.25, -0.2) is 0 Å². The lowest BCUT2D eigenvalue weighted by Gasteiger charge is -2.11. The van der Waals surface area contributed by atoms with Crippen molar-refractivity contribution in [3.63, 3.8) is 0 Å². The van der Waals surface area contributed by atoms with Crippen LogP contribution in [-0.4, -0.2) is 20.5 Å². The van der Waals surface area contributed by atoms with Crippen molar-refractivity contribution < 1.29 is 25.8 Å². The summed E-state index contributed by atoms with van der Waals surface area (Å²) in [5, 5.41) is 0. The first-order valence-electron chi connectivity index (χ1n) is 4.04. The number of alkyl halides is 3. The highest BCUT2D eigenvalue weighted by Crippen LogP contribution is 2.32. The number of rotatable bonds is 3. The molecule has 0 aromatic carbocycles. The molecule has 0 radical (unpaired) electrons. The van der Waals surface area contributed by atoms with E-state index in [1.54, 1.807) is 0 Å². The first-order valence-corrected chi connectivity index (χ1v) is 5.62. The summed E-state index contributed by atoms with van der Waals surface area (Å²) in [7, 11) is -3.11. The Morgan fingerprint density at radius 2 is 2.06 bits per heavy atom. The van der Waals surface area contributed by atoms with E-state index in [0.717, 1.165) is 25.6 Å². The van der Waals surface area contributed by atoms with Gasteiger partial charge >= 0.3 is 6.18 Å². The summed E-state index contributed by atoms with van der Waals surface area (Å²) in [4.78, 5) is 3.46. The number of aromatic nitrogens is 1. The predicted molar refractivity (Wildman–Crippen MR) is 48.9 cm³/mol. The molecule has 0 fully saturated rings. The maximum absolute atomic E-state index is 12.5. The quantitative estimate of drug-likeness (QED) is 0.769. The lowest BCUT2D eigenvalue weighted by Crippen LogP contribution is -2.13. The second kappa shape index (κ2) is 4.38. The normalized spacial score (nSPS) is 12.8. The largest absolute Gasteiger partial charge is 0.416 e. The van der Waals surface area contributed by atoms with Gasteiger partial charge in [-0.05, 0) is 6.07 Å². The molecule has 4 nitrogen and oxygen atoms in total. The number of halogens is 3. The van der Waals surface area contributed by atoms with E-state index in [4.69, 9.17) is 0 Å². The molecule has 1 aromatic rings. The fourth-order valence-corrected chi connectivity index (χ4v) is 1.80. The number of hydrogen-bond acceptors (Lipinski definition) is 4. The molecular formula is C8H8F3NO3S. The smallest absolute Gasteiger partial charge is 0.273 e. The van der Waals surface area contributed by atoms with Crippen molar-refractivity contribution in [2.24, 2.45) is 0 Å². The fourth-order valence-electron chi connectivity index (χ4n) is 1.07. The third-order valence-electron chi connectivity index (χ3n) is 1.80. The van der Waals surface area contributed by atoms with Crippen LogP contribution in [0.1, 0.15) is 11.1 Å². The molecule has 0 aliphatic rings. The van der Waals surface area contributed by atoms with Crippen LogP contribution in [0.25, 0.3) is 0 Å². The average Bonchev–Trinajstić information content (AvgIpc) is 2.16. The van der Waals surface area contributed by atoms with E-state index in [2.05, 4.69) is 9.17 Å². The Balaban J connectivity index is 3.16. The average molecular weight is 255 g/mol. The molecule has 0 atom stereocenters. The summed E-state index contributed by atoms with van der Waals surface area (Å²) in [5.74, 6) is -0.855. The van der Waals surface area contributed by atoms with Gasteiger partial charge in [0.2, 0.25) is 0 Å². The first kappa shape index (κ1) is 12.9. The van der Waals surface area contributed by atoms with E-state index in [0.29, 0.717) is 0 Å². The molecule has 0 bridgehead atoms. The maximum atomic E-state index is 12.5. The zero-order valence-corrected chi connectivity index (χ0v) is 8.97. The molecule has 90 valence electrons. The van der Waals surface area contributed by atoms with E-state index in [1.165, 1.54) is 0 Å². The third-order valence-corrected chi connectivity index (χ3v) is 2.97. The molecule has 0 saturated carbocycles. The topological polar surface area (TPSA) is 56.3 Å². The molecule has 0 aliphatic heterocycles. The highest BCUT2D eigenvalue weighted by molar-refractivity contribution is 7.85. The van der Waals surface area contributed by atoms with Gasteiger partial charge in [-0.15, -0.1) is 0 Å². The fraction of sp³-hybridized carbons (Fsp3) is 0.375. The van der Waals surface area contributed by atoms with Gasteiger partial charge in [0.1, 0.15) is 5.75 Å². The Labute approximate surface area is 90.2 Å². The van der Waals surface area contributed by atoms with Gasteiger partial charge in [0, 0.05) is 18.0 Å². The van der Waals surface area contributed by atoms with Crippen LogP contribution in [0.5, 0.6) is 0 Å². The van der Waals surface area contributed by atoms with Crippen molar-refractivity contribution >= 4 is 10.1 Å². The molecule has 1 rings (SSSR count). The van der Waals surface area contributed by atoms with Crippen LogP contribution in [0.15, 0.2) is 18.5 Å². The van der Waals surface area contributed by atoms with Crippen LogP contribution in [0.3, 0.4) is 0 Å². The molecule has 0 aliphatic carbocycles. The second-order valence-electron chi connectivity index (χ2n) is 2.90. The van der Waals surface area contributed by atoms with Crippen LogP contribution in [-0.2, 0) is 26.2 Å². The molecule has 0 amide bonds. The van der Waals surface area contributed by atoms with E-state index in [9.17, 15) is 21.6 Å². The first-order chi connectivity index (χ1) is 7.26. The van der Waals surface area contributed by atoms with E-state index in [-0.39, 0.29) is 0 Å². The Hall–Kier alpha value is -1.15. The molecule has 0 N–H and O–H groups in total. The minimum Gasteiger partial charge on any atom is -0.273 e. The van der Waals surface area contributed by atoms with E-state index in [1.807, 2.05) is 0 Å². The maximum Gasteiger partial charge on any atom is 0.416 e. The summed E-state index contributed by atoms with van der Waals surface area (Å²) >= 11 is 0. The number of hydrogen-bond donors (Lipinski definition) is 0. The summed E-state index contributed by atoms with van der Waals surface area (Å²) in [6.45, 7) is 0. The molecule has 8 heteroatoms. The van der Waals surface area contributed by atoms with Gasteiger partial charge < -0.3 is 0 Å². The van der Waals surface area contributed by atoms with Crippen molar-refractivity contribution in [3.8, 4) is 0 Å². The highest BCUT2D eigenvalue weighted by atomic mass is 32.2. The Morgan fingerprint density at radius 3 is 2.56 bits per heavy atom. The van der Waals surface area contributed by atoms with Gasteiger partial charge in [0.15, 0.2) is 0 Å². The Kier molecular flexibility index (Phi) is 3.54. The monoisotopic (exact) mass is 255 g/mol. The molecule has 0 saturated heterocycles. The lowest BCUT2D eigenvalue weighted by atomic mass is 10.1. The summed E-state index contributed by atoms with van der Waals surface area (Å²) in [6, 6.07) is 0.723. The zero-order valence-electron chi connectivity index (χ0n) is 8.15. The van der Waals surface area contributed by atoms with Crippen LogP contribution in [0.4, 0.5) is 13.2 Å². The van der Waals surface area contributed by atoms with E-state index < -0.39 is 33.2 Å². The Morgan fingerprint density at radius 1 is 1.44 bits per heavy atom. The van der Waals surface area contributed by atoms with Crippen LogP contribution >= 0.6 is 0 Å². The minimum absolute atomic E-state index is 0.433. The summed E-state index contributed by atoms with van der Waals surface area (Å²) in [6.07, 6.45) is -2.80. The molecule has 1 heterocycles. The Bertz CT molecular complexity index is 470. The SMILES string of the molecule is COS(=O)(=O)Cc1cnccc1C(F)(F)F. The van der Waals surface area contributed by atoms with Crippen molar-refractivity contribution in [2.75, 3.05) is 7.11 Å². The van der Waals surface area contributed by atoms with Gasteiger partial charge in [0.25, 0.3) is 10.1 Å². The van der Waals surface area contributed by atoms with Crippen molar-refractivity contribution in [1.82, 2.24) is 4.98 Å². The zero-order chi connectivity index (χ0) is 12.4. The lowest BCUT2D eigenvalue weighted by molar-refractivity contribution is -0.138. The van der Waals surface area contributed by atoms with Crippen molar-refractivity contribution in [1.29, 1.82) is 0 Å². The molecule has 16 heavy (non-hydrogen) atoms. The number of pyridine rings is 1. The van der Waals surface area contributed by atoms with Crippen LogP contribution in [0.2, 0.25) is 0 Å². The van der Waals surface area contributed by atoms with E-state index >= 15 is 0 Å². The third kappa shape index (κ3) is 3.17. The van der Waals surface area contributed by atoms with Gasteiger partial charge in [-0.3, -0.25) is 9.17 Å².